The van der Waals surface area contributed by atoms with Gasteiger partial charge in [-0.1, -0.05) is 24.3 Å². The van der Waals surface area contributed by atoms with Gasteiger partial charge in [-0.2, -0.15) is 0 Å². The average Bonchev–Trinajstić information content (AvgIpc) is 2.83. The van der Waals surface area contributed by atoms with Crippen molar-refractivity contribution in [3.8, 4) is 0 Å². The molecule has 1 aliphatic rings. The lowest BCUT2D eigenvalue weighted by Gasteiger charge is -2.13. The van der Waals surface area contributed by atoms with Crippen molar-refractivity contribution in [2.45, 2.75) is 13.8 Å². The second kappa shape index (κ2) is 7.75. The van der Waals surface area contributed by atoms with Gasteiger partial charge in [-0.05, 0) is 61.0 Å². The molecule has 1 aliphatic heterocycles. The second-order valence-electron chi connectivity index (χ2n) is 6.21. The van der Waals surface area contributed by atoms with Crippen LogP contribution in [0.1, 0.15) is 16.7 Å². The Morgan fingerprint density at radius 3 is 2.48 bits per heavy atom. The van der Waals surface area contributed by atoms with Crippen molar-refractivity contribution in [2.75, 3.05) is 11.9 Å². The maximum Gasteiger partial charge on any atom is 0.294 e. The van der Waals surface area contributed by atoms with Crippen LogP contribution in [0.2, 0.25) is 0 Å². The van der Waals surface area contributed by atoms with Crippen LogP contribution in [0.5, 0.6) is 0 Å². The molecule has 138 valence electrons. The maximum absolute atomic E-state index is 13.8. The normalized spacial score (nSPS) is 15.5. The number of carbonyl (C=O) groups is 3. The third-order valence-corrected chi connectivity index (χ3v) is 4.78. The summed E-state index contributed by atoms with van der Waals surface area (Å²) in [5, 5.41) is 2.13. The number of nitrogens with one attached hydrogen (secondary N) is 1. The lowest BCUT2D eigenvalue weighted by atomic mass is 10.1. The molecule has 1 fully saturated rings. The van der Waals surface area contributed by atoms with Crippen LogP contribution in [0.3, 0.4) is 0 Å². The molecule has 0 aromatic heterocycles. The predicted molar refractivity (Wildman–Crippen MR) is 104 cm³/mol. The van der Waals surface area contributed by atoms with Crippen LogP contribution in [0.4, 0.5) is 14.9 Å². The molecule has 3 rings (SSSR count). The first kappa shape index (κ1) is 18.8. The molecule has 5 nitrogen and oxygen atoms in total. The maximum atomic E-state index is 13.8. The molecule has 7 heteroatoms. The number of hydrogen-bond donors (Lipinski definition) is 1. The van der Waals surface area contributed by atoms with Gasteiger partial charge in [-0.15, -0.1) is 0 Å². The molecular weight excluding hydrogens is 367 g/mol. The number of thioether (sulfide) groups is 1. The molecule has 1 heterocycles. The van der Waals surface area contributed by atoms with Crippen LogP contribution >= 0.6 is 11.8 Å². The summed E-state index contributed by atoms with van der Waals surface area (Å²) < 4.78 is 13.8. The van der Waals surface area contributed by atoms with Gasteiger partial charge < -0.3 is 5.32 Å². The van der Waals surface area contributed by atoms with E-state index in [1.807, 2.05) is 19.9 Å². The molecule has 1 N–H and O–H groups in total. The number of carbonyl (C=O) groups excluding carboxylic acids is 3. The molecule has 2 aromatic rings. The Morgan fingerprint density at radius 2 is 1.81 bits per heavy atom. The highest BCUT2D eigenvalue weighted by Gasteiger charge is 2.36. The second-order valence-corrected chi connectivity index (χ2v) is 7.21. The van der Waals surface area contributed by atoms with Crippen LogP contribution in [0.15, 0.2) is 47.4 Å². The lowest BCUT2D eigenvalue weighted by Crippen LogP contribution is -2.36. The summed E-state index contributed by atoms with van der Waals surface area (Å²) in [7, 11) is 0. The van der Waals surface area contributed by atoms with Crippen LogP contribution < -0.4 is 5.32 Å². The van der Waals surface area contributed by atoms with Gasteiger partial charge >= 0.3 is 0 Å². The Morgan fingerprint density at radius 1 is 1.15 bits per heavy atom. The van der Waals surface area contributed by atoms with Crippen LogP contribution in [0, 0.1) is 19.7 Å². The Bertz CT molecular complexity index is 951. The van der Waals surface area contributed by atoms with E-state index in [0.29, 0.717) is 17.4 Å². The topological polar surface area (TPSA) is 66.5 Å². The van der Waals surface area contributed by atoms with E-state index in [1.165, 1.54) is 24.3 Å². The molecular formula is C20H17FN2O3S. The van der Waals surface area contributed by atoms with Crippen molar-refractivity contribution in [1.82, 2.24) is 4.90 Å². The molecule has 2 aromatic carbocycles. The monoisotopic (exact) mass is 384 g/mol. The molecule has 0 bridgehead atoms. The van der Waals surface area contributed by atoms with E-state index < -0.39 is 29.4 Å². The molecule has 0 unspecified atom stereocenters. The fraction of sp³-hybridized carbons (Fsp3) is 0.150. The molecule has 0 aliphatic carbocycles. The van der Waals surface area contributed by atoms with Crippen molar-refractivity contribution in [2.24, 2.45) is 0 Å². The largest absolute Gasteiger partial charge is 0.325 e. The van der Waals surface area contributed by atoms with Gasteiger partial charge in [0.25, 0.3) is 11.1 Å². The van der Waals surface area contributed by atoms with Gasteiger partial charge in [-0.25, -0.2) is 4.39 Å². The minimum Gasteiger partial charge on any atom is -0.325 e. The van der Waals surface area contributed by atoms with Gasteiger partial charge in [-0.3, -0.25) is 19.3 Å². The first-order valence-electron chi connectivity index (χ1n) is 8.21. The van der Waals surface area contributed by atoms with Crippen molar-refractivity contribution in [3.05, 3.63) is 69.9 Å². The number of amides is 3. The Labute approximate surface area is 160 Å². The third-order valence-electron chi connectivity index (χ3n) is 3.87. The average molecular weight is 384 g/mol. The zero-order valence-electron chi connectivity index (χ0n) is 14.8. The smallest absolute Gasteiger partial charge is 0.294 e. The SMILES string of the molecule is Cc1cc(C)cc(NC(=O)CN2C(=O)S/C(=C/c3ccccc3F)C2=O)c1. The summed E-state index contributed by atoms with van der Waals surface area (Å²) in [4.78, 5) is 37.8. The fourth-order valence-corrected chi connectivity index (χ4v) is 3.59. The van der Waals surface area contributed by atoms with Crippen molar-refractivity contribution >= 4 is 40.6 Å². The van der Waals surface area contributed by atoms with E-state index in [9.17, 15) is 18.8 Å². The third kappa shape index (κ3) is 4.43. The number of benzene rings is 2. The summed E-state index contributed by atoms with van der Waals surface area (Å²) in [5.41, 5.74) is 2.79. The Hall–Kier alpha value is -2.93. The number of imide groups is 1. The summed E-state index contributed by atoms with van der Waals surface area (Å²) in [6.07, 6.45) is 1.32. The van der Waals surface area contributed by atoms with Crippen molar-refractivity contribution in [1.29, 1.82) is 0 Å². The molecule has 0 atom stereocenters. The summed E-state index contributed by atoms with van der Waals surface area (Å²) in [5.74, 6) is -1.57. The van der Waals surface area contributed by atoms with E-state index in [-0.39, 0.29) is 10.5 Å². The van der Waals surface area contributed by atoms with Gasteiger partial charge in [0.1, 0.15) is 12.4 Å². The molecule has 0 spiro atoms. The quantitative estimate of drug-likeness (QED) is 0.806. The number of hydrogen-bond acceptors (Lipinski definition) is 4. The number of halogens is 1. The Balaban J connectivity index is 1.72. The summed E-state index contributed by atoms with van der Waals surface area (Å²) in [6, 6.07) is 11.5. The van der Waals surface area contributed by atoms with Gasteiger partial charge in [0.05, 0.1) is 4.91 Å². The van der Waals surface area contributed by atoms with Gasteiger partial charge in [0.15, 0.2) is 0 Å². The highest BCUT2D eigenvalue weighted by Crippen LogP contribution is 2.32. The number of anilines is 1. The molecule has 1 saturated heterocycles. The van der Waals surface area contributed by atoms with E-state index >= 15 is 0 Å². The summed E-state index contributed by atoms with van der Waals surface area (Å²) in [6.45, 7) is 3.42. The molecule has 0 radical (unpaired) electrons. The fourth-order valence-electron chi connectivity index (χ4n) is 2.76. The first-order valence-corrected chi connectivity index (χ1v) is 9.03. The van der Waals surface area contributed by atoms with Gasteiger partial charge in [0, 0.05) is 11.3 Å². The highest BCUT2D eigenvalue weighted by atomic mass is 32.2. The minimum atomic E-state index is -0.608. The molecule has 27 heavy (non-hydrogen) atoms. The van der Waals surface area contributed by atoms with Crippen LogP contribution in [-0.2, 0) is 9.59 Å². The molecule has 0 saturated carbocycles. The predicted octanol–water partition coefficient (Wildman–Crippen LogP) is 4.12. The van der Waals surface area contributed by atoms with Crippen LogP contribution in [-0.4, -0.2) is 28.5 Å². The van der Waals surface area contributed by atoms with Gasteiger partial charge in [0.2, 0.25) is 5.91 Å². The van der Waals surface area contributed by atoms with E-state index in [1.54, 1.807) is 18.2 Å². The number of rotatable bonds is 4. The Kier molecular flexibility index (Phi) is 5.41. The number of aryl methyl sites for hydroxylation is 2. The van der Waals surface area contributed by atoms with E-state index in [4.69, 9.17) is 0 Å². The lowest BCUT2D eigenvalue weighted by molar-refractivity contribution is -0.127. The van der Waals surface area contributed by atoms with Crippen LogP contribution in [0.25, 0.3) is 6.08 Å². The first-order chi connectivity index (χ1) is 12.8. The minimum absolute atomic E-state index is 0.0873. The zero-order chi connectivity index (χ0) is 19.6. The van der Waals surface area contributed by atoms with Crippen molar-refractivity contribution in [3.63, 3.8) is 0 Å². The standard InChI is InChI=1S/C20H17FN2O3S/c1-12-7-13(2)9-15(8-12)22-18(24)11-23-19(25)17(27-20(23)26)10-14-5-3-4-6-16(14)21/h3-10H,11H2,1-2H3,(H,22,24)/b17-10+. The zero-order valence-corrected chi connectivity index (χ0v) is 15.6. The molecule has 3 amide bonds. The number of nitrogens with zero attached hydrogens (tertiary/aromatic N) is 1. The summed E-state index contributed by atoms with van der Waals surface area (Å²) >= 11 is 0.690. The van der Waals surface area contributed by atoms with Crippen molar-refractivity contribution < 1.29 is 18.8 Å². The van der Waals surface area contributed by atoms with E-state index in [2.05, 4.69) is 5.32 Å². The van der Waals surface area contributed by atoms with E-state index in [0.717, 1.165) is 16.0 Å². The highest BCUT2D eigenvalue weighted by molar-refractivity contribution is 8.18.